The molecule has 2 N–H and O–H groups in total. The number of hydrogen-bond donors (Lipinski definition) is 2. The fourth-order valence-corrected chi connectivity index (χ4v) is 5.73. The van der Waals surface area contributed by atoms with Gasteiger partial charge in [-0.15, -0.1) is 0 Å². The Morgan fingerprint density at radius 1 is 0.944 bits per heavy atom. The highest BCUT2D eigenvalue weighted by Crippen LogP contribution is 2.31. The van der Waals surface area contributed by atoms with Gasteiger partial charge in [-0.05, 0) is 64.5 Å². The van der Waals surface area contributed by atoms with Crippen LogP contribution in [0.4, 0.5) is 17.1 Å². The Labute approximate surface area is 218 Å². The molecule has 3 aromatic carbocycles. The monoisotopic (exact) mass is 597 g/mol. The molecule has 0 radical (unpaired) electrons. The summed E-state index contributed by atoms with van der Waals surface area (Å²) in [4.78, 5) is 12.6. The number of halogens is 1. The number of amides is 1. The van der Waals surface area contributed by atoms with E-state index in [2.05, 4.69) is 26.0 Å². The second kappa shape index (κ2) is 11.2. The number of rotatable bonds is 10. The minimum absolute atomic E-state index is 0.0589. The SMILES string of the molecule is COc1ccc(OC)c(NS(=O)(=O)c2ccc(NC(=O)CN(c3ccccc3Br)S(C)(=O)=O)cc2)c1. The topological polar surface area (TPSA) is 131 Å². The fraction of sp³-hybridized carbons (Fsp3) is 0.174. The van der Waals surface area contributed by atoms with Crippen LogP contribution in [-0.2, 0) is 24.8 Å². The largest absolute Gasteiger partial charge is 0.497 e. The van der Waals surface area contributed by atoms with Crippen molar-refractivity contribution in [1.82, 2.24) is 0 Å². The molecule has 0 aliphatic carbocycles. The first kappa shape index (κ1) is 27.3. The third kappa shape index (κ3) is 6.68. The predicted octanol–water partition coefficient (Wildman–Crippen LogP) is 3.67. The van der Waals surface area contributed by atoms with Crippen molar-refractivity contribution in [3.05, 3.63) is 71.2 Å². The lowest BCUT2D eigenvalue weighted by Gasteiger charge is -2.23. The standard InChI is InChI=1S/C23H24BrN3O7S2/c1-33-17-10-13-22(34-2)20(14-17)26-36(31,32)18-11-8-16(9-12-18)25-23(28)15-27(35(3,29)30)21-7-5-4-6-19(21)24/h4-14,26H,15H2,1-3H3,(H,25,28). The van der Waals surface area contributed by atoms with Crippen LogP contribution < -0.4 is 23.8 Å². The number of methoxy groups -OCH3 is 2. The minimum Gasteiger partial charge on any atom is -0.497 e. The number of carbonyl (C=O) groups excluding carboxylic acids is 1. The Kier molecular flexibility index (Phi) is 8.48. The summed E-state index contributed by atoms with van der Waals surface area (Å²) in [7, 11) is -4.87. The summed E-state index contributed by atoms with van der Waals surface area (Å²) in [6, 6.07) is 16.7. The molecular weight excluding hydrogens is 574 g/mol. The third-order valence-corrected chi connectivity index (χ3v) is 8.09. The van der Waals surface area contributed by atoms with E-state index in [1.54, 1.807) is 36.4 Å². The Balaban J connectivity index is 1.75. The summed E-state index contributed by atoms with van der Waals surface area (Å²) >= 11 is 3.30. The van der Waals surface area contributed by atoms with Crippen LogP contribution in [-0.4, -0.2) is 49.8 Å². The van der Waals surface area contributed by atoms with Crippen molar-refractivity contribution in [1.29, 1.82) is 0 Å². The van der Waals surface area contributed by atoms with E-state index < -0.39 is 32.5 Å². The quantitative estimate of drug-likeness (QED) is 0.364. The first-order valence-electron chi connectivity index (χ1n) is 10.3. The van der Waals surface area contributed by atoms with Crippen molar-refractivity contribution in [2.45, 2.75) is 4.90 Å². The molecule has 0 unspecified atom stereocenters. The van der Waals surface area contributed by atoms with Gasteiger partial charge in [0.15, 0.2) is 0 Å². The van der Waals surface area contributed by atoms with Crippen molar-refractivity contribution >= 4 is 58.9 Å². The number of benzene rings is 3. The van der Waals surface area contributed by atoms with Crippen LogP contribution in [0.15, 0.2) is 76.1 Å². The van der Waals surface area contributed by atoms with Gasteiger partial charge in [-0.3, -0.25) is 13.8 Å². The highest BCUT2D eigenvalue weighted by Gasteiger charge is 2.23. The number of nitrogens with zero attached hydrogens (tertiary/aromatic N) is 1. The Morgan fingerprint density at radius 3 is 2.19 bits per heavy atom. The molecule has 0 heterocycles. The van der Waals surface area contributed by atoms with Gasteiger partial charge >= 0.3 is 0 Å². The van der Waals surface area contributed by atoms with Crippen molar-refractivity contribution in [3.63, 3.8) is 0 Å². The second-order valence-corrected chi connectivity index (χ2v) is 11.9. The number of carbonyl (C=O) groups is 1. The summed E-state index contributed by atoms with van der Waals surface area (Å²) in [5, 5.41) is 2.58. The molecule has 0 aliphatic heterocycles. The average Bonchev–Trinajstić information content (AvgIpc) is 2.82. The first-order valence-corrected chi connectivity index (χ1v) is 14.4. The van der Waals surface area contributed by atoms with Gasteiger partial charge in [0.1, 0.15) is 18.0 Å². The van der Waals surface area contributed by atoms with Crippen LogP contribution in [0.1, 0.15) is 0 Å². The number of para-hydroxylation sites is 1. The van der Waals surface area contributed by atoms with Gasteiger partial charge < -0.3 is 14.8 Å². The van der Waals surface area contributed by atoms with E-state index in [9.17, 15) is 21.6 Å². The van der Waals surface area contributed by atoms with E-state index in [-0.39, 0.29) is 10.6 Å². The lowest BCUT2D eigenvalue weighted by Crippen LogP contribution is -2.37. The first-order chi connectivity index (χ1) is 16.9. The lowest BCUT2D eigenvalue weighted by atomic mass is 10.3. The molecule has 0 aromatic heterocycles. The van der Waals surface area contributed by atoms with E-state index in [1.165, 1.54) is 44.6 Å². The van der Waals surface area contributed by atoms with Crippen LogP contribution in [0.25, 0.3) is 0 Å². The average molecular weight is 598 g/mol. The predicted molar refractivity (Wildman–Crippen MR) is 142 cm³/mol. The molecule has 0 fully saturated rings. The molecule has 0 atom stereocenters. The second-order valence-electron chi connectivity index (χ2n) is 7.47. The van der Waals surface area contributed by atoms with Gasteiger partial charge in [0.2, 0.25) is 15.9 Å². The van der Waals surface area contributed by atoms with Crippen LogP contribution in [0, 0.1) is 0 Å². The highest BCUT2D eigenvalue weighted by atomic mass is 79.9. The zero-order chi connectivity index (χ0) is 26.5. The Hall–Kier alpha value is -3.29. The van der Waals surface area contributed by atoms with Crippen LogP contribution in [0.5, 0.6) is 11.5 Å². The molecule has 0 spiro atoms. The summed E-state index contributed by atoms with van der Waals surface area (Å²) in [6.07, 6.45) is 1.00. The number of anilines is 3. The van der Waals surface area contributed by atoms with Crippen molar-refractivity contribution < 1.29 is 31.1 Å². The molecule has 0 saturated carbocycles. The number of sulfonamides is 2. The number of ether oxygens (including phenoxy) is 2. The van der Waals surface area contributed by atoms with Gasteiger partial charge in [-0.1, -0.05) is 12.1 Å². The van der Waals surface area contributed by atoms with Crippen LogP contribution in [0.3, 0.4) is 0 Å². The lowest BCUT2D eigenvalue weighted by molar-refractivity contribution is -0.114. The van der Waals surface area contributed by atoms with E-state index in [0.717, 1.165) is 10.6 Å². The normalized spacial score (nSPS) is 11.4. The number of nitrogens with one attached hydrogen (secondary N) is 2. The molecule has 3 aromatic rings. The molecule has 0 saturated heterocycles. The van der Waals surface area contributed by atoms with Crippen LogP contribution >= 0.6 is 15.9 Å². The minimum atomic E-state index is -3.99. The summed E-state index contributed by atoms with van der Waals surface area (Å²) < 4.78 is 64.6. The Morgan fingerprint density at radius 2 is 1.61 bits per heavy atom. The molecule has 13 heteroatoms. The molecule has 0 aliphatic rings. The van der Waals surface area contributed by atoms with E-state index in [0.29, 0.717) is 27.3 Å². The zero-order valence-electron chi connectivity index (χ0n) is 19.6. The highest BCUT2D eigenvalue weighted by molar-refractivity contribution is 9.10. The van der Waals surface area contributed by atoms with Gasteiger partial charge in [0, 0.05) is 16.2 Å². The summed E-state index contributed by atoms with van der Waals surface area (Å²) in [6.45, 7) is -0.474. The van der Waals surface area contributed by atoms with Gasteiger partial charge in [0.05, 0.1) is 36.7 Å². The van der Waals surface area contributed by atoms with Gasteiger partial charge in [-0.25, -0.2) is 16.8 Å². The zero-order valence-corrected chi connectivity index (χ0v) is 22.8. The molecular formula is C23H24BrN3O7S2. The molecule has 36 heavy (non-hydrogen) atoms. The van der Waals surface area contributed by atoms with Crippen LogP contribution in [0.2, 0.25) is 0 Å². The smallest absolute Gasteiger partial charge is 0.262 e. The molecule has 192 valence electrons. The molecule has 1 amide bonds. The Bertz CT molecular complexity index is 1460. The maximum atomic E-state index is 12.9. The van der Waals surface area contributed by atoms with Gasteiger partial charge in [0.25, 0.3) is 10.0 Å². The number of hydrogen-bond acceptors (Lipinski definition) is 7. The maximum Gasteiger partial charge on any atom is 0.262 e. The molecule has 0 bridgehead atoms. The summed E-state index contributed by atoms with van der Waals surface area (Å²) in [5.41, 5.74) is 0.802. The van der Waals surface area contributed by atoms with E-state index in [4.69, 9.17) is 9.47 Å². The van der Waals surface area contributed by atoms with E-state index in [1.807, 2.05) is 0 Å². The fourth-order valence-electron chi connectivity index (χ4n) is 3.18. The maximum absolute atomic E-state index is 12.9. The van der Waals surface area contributed by atoms with Gasteiger partial charge in [-0.2, -0.15) is 0 Å². The van der Waals surface area contributed by atoms with Crippen molar-refractivity contribution in [2.24, 2.45) is 0 Å². The third-order valence-electron chi connectivity index (χ3n) is 4.91. The summed E-state index contributed by atoms with van der Waals surface area (Å²) in [5.74, 6) is 0.145. The molecule has 10 nitrogen and oxygen atoms in total. The van der Waals surface area contributed by atoms with E-state index >= 15 is 0 Å². The van der Waals surface area contributed by atoms with Crippen molar-refractivity contribution in [2.75, 3.05) is 41.4 Å². The van der Waals surface area contributed by atoms with Crippen molar-refractivity contribution in [3.8, 4) is 11.5 Å². The molecule has 3 rings (SSSR count).